The van der Waals surface area contributed by atoms with Gasteiger partial charge in [-0.15, -0.1) is 0 Å². The molecule has 14 rings (SSSR count). The highest BCUT2D eigenvalue weighted by molar-refractivity contribution is 7.86. The molecule has 2 heterocycles. The van der Waals surface area contributed by atoms with Gasteiger partial charge < -0.3 is 47.7 Å². The third kappa shape index (κ3) is 11.6. The van der Waals surface area contributed by atoms with Crippen molar-refractivity contribution in [3.8, 4) is 56.8 Å². The van der Waals surface area contributed by atoms with Gasteiger partial charge in [-0.1, -0.05) is 201 Å². The lowest BCUT2D eigenvalue weighted by Crippen LogP contribution is -2.35. The van der Waals surface area contributed by atoms with Crippen LogP contribution in [0.1, 0.15) is 76.9 Å². The molecular weight excluding hydrogens is 1260 g/mol. The van der Waals surface area contributed by atoms with Gasteiger partial charge in [-0.25, -0.2) is 0 Å². The summed E-state index contributed by atoms with van der Waals surface area (Å²) < 4.78 is 55.1. The second kappa shape index (κ2) is 27.1. The summed E-state index contributed by atoms with van der Waals surface area (Å²) in [6.45, 7) is 4.92. The van der Waals surface area contributed by atoms with Gasteiger partial charge in [0.1, 0.15) is 52.3 Å². The molecule has 468 valence electrons. The van der Waals surface area contributed by atoms with Crippen molar-refractivity contribution in [3.05, 3.63) is 262 Å². The second-order valence-electron chi connectivity index (χ2n) is 22.2. The molecular formula is C77H67Cl3O10S2. The van der Waals surface area contributed by atoms with Crippen LogP contribution in [-0.2, 0) is 36.6 Å². The van der Waals surface area contributed by atoms with E-state index in [0.29, 0.717) is 6.61 Å². The highest BCUT2D eigenvalue weighted by atomic mass is 35.5. The summed E-state index contributed by atoms with van der Waals surface area (Å²) in [5.41, 5.74) is 11.3. The number of fused-ring (bicyclic) bond motifs is 16. The van der Waals surface area contributed by atoms with Crippen molar-refractivity contribution >= 4 is 101 Å². The largest absolute Gasteiger partial charge is 0.497 e. The number of ether oxygens (including phenoxy) is 9. The van der Waals surface area contributed by atoms with E-state index in [4.69, 9.17) is 89.7 Å². The Morgan fingerprint density at radius 3 is 1.08 bits per heavy atom. The number of thiocarbonyl (C=S) groups is 2. The maximum absolute atomic E-state index is 9.76. The summed E-state index contributed by atoms with van der Waals surface area (Å²) in [4.78, 5) is 0. The van der Waals surface area contributed by atoms with Crippen molar-refractivity contribution < 1.29 is 47.7 Å². The fourth-order valence-corrected chi connectivity index (χ4v) is 13.6. The minimum Gasteiger partial charge on any atom is -0.497 e. The monoisotopic (exact) mass is 1320 g/mol. The zero-order chi connectivity index (χ0) is 63.7. The number of benzene rings is 10. The van der Waals surface area contributed by atoms with Gasteiger partial charge in [0.05, 0.1) is 48.3 Å². The Labute approximate surface area is 562 Å². The number of hydrogen-bond acceptors (Lipinski definition) is 12. The molecule has 0 amide bonds. The fourth-order valence-electron chi connectivity index (χ4n) is 13.5. The molecule has 92 heavy (non-hydrogen) atoms. The molecule has 0 radical (unpaired) electrons. The summed E-state index contributed by atoms with van der Waals surface area (Å²) >= 11 is 24.3. The maximum Gasteiger partial charge on any atom is 0.255 e. The molecule has 10 aromatic rings. The van der Waals surface area contributed by atoms with Gasteiger partial charge in [0, 0.05) is 55.3 Å². The molecule has 0 aromatic heterocycles. The Morgan fingerprint density at radius 2 is 0.750 bits per heavy atom. The lowest BCUT2D eigenvalue weighted by molar-refractivity contribution is -0.0188. The van der Waals surface area contributed by atoms with Crippen LogP contribution in [0.5, 0.6) is 34.5 Å². The maximum atomic E-state index is 9.76. The predicted octanol–water partition coefficient (Wildman–Crippen LogP) is 18.9. The molecule has 2 atom stereocenters. The van der Waals surface area contributed by atoms with E-state index in [1.54, 1.807) is 28.4 Å². The molecule has 4 aliphatic rings. The number of rotatable bonds is 15. The van der Waals surface area contributed by atoms with Gasteiger partial charge in [-0.2, -0.15) is 0 Å². The summed E-state index contributed by atoms with van der Waals surface area (Å²) in [6.07, 6.45) is 8.66. The Balaban J connectivity index is 0.000000177. The van der Waals surface area contributed by atoms with Gasteiger partial charge in [-0.3, -0.25) is 0 Å². The molecule has 0 saturated carbocycles. The summed E-state index contributed by atoms with van der Waals surface area (Å²) in [6, 6.07) is 65.8. The summed E-state index contributed by atoms with van der Waals surface area (Å²) in [7, 11) is 6.67. The zero-order valence-corrected chi connectivity index (χ0v) is 54.6. The first-order chi connectivity index (χ1) is 44.2. The fraction of sp³-hybridized carbons (Fsp3) is 0.195. The van der Waals surface area contributed by atoms with E-state index in [1.807, 2.05) is 54.6 Å². The third-order valence-corrected chi connectivity index (χ3v) is 17.8. The van der Waals surface area contributed by atoms with Crippen molar-refractivity contribution in [2.75, 3.05) is 54.9 Å². The van der Waals surface area contributed by atoms with E-state index in [0.717, 1.165) is 134 Å². The highest BCUT2D eigenvalue weighted by Gasteiger charge is 2.49. The van der Waals surface area contributed by atoms with E-state index >= 15 is 0 Å². The molecule has 2 aliphatic carbocycles. The lowest BCUT2D eigenvalue weighted by Gasteiger charge is -2.39. The van der Waals surface area contributed by atoms with E-state index < -0.39 is 22.4 Å². The molecule has 15 heteroatoms. The Kier molecular flexibility index (Phi) is 19.2. The topological polar surface area (TPSA) is 103 Å². The number of aliphatic hydroxyl groups is 1. The highest BCUT2D eigenvalue weighted by Crippen LogP contribution is 2.61. The van der Waals surface area contributed by atoms with Crippen molar-refractivity contribution in [3.63, 3.8) is 0 Å². The molecule has 0 saturated heterocycles. The molecule has 0 fully saturated rings. The van der Waals surface area contributed by atoms with Crippen LogP contribution in [0.4, 0.5) is 0 Å². The van der Waals surface area contributed by atoms with Crippen molar-refractivity contribution in [1.82, 2.24) is 0 Å². The quantitative estimate of drug-likeness (QED) is 0.0601. The van der Waals surface area contributed by atoms with Crippen LogP contribution in [0.25, 0.3) is 56.0 Å². The molecule has 1 N–H and O–H groups in total. The van der Waals surface area contributed by atoms with Crippen molar-refractivity contribution in [2.24, 2.45) is 0 Å². The van der Waals surface area contributed by atoms with Crippen LogP contribution in [0.3, 0.4) is 0 Å². The molecule has 0 bridgehead atoms. The predicted molar refractivity (Wildman–Crippen MR) is 379 cm³/mol. The first-order valence-corrected chi connectivity index (χ1v) is 31.4. The van der Waals surface area contributed by atoms with E-state index in [2.05, 4.69) is 190 Å². The van der Waals surface area contributed by atoms with Gasteiger partial charge in [-0.05, 0) is 143 Å². The van der Waals surface area contributed by atoms with Crippen LogP contribution in [0.15, 0.2) is 206 Å². The summed E-state index contributed by atoms with van der Waals surface area (Å²) in [5.74, 6) is 4.70. The van der Waals surface area contributed by atoms with E-state index in [1.165, 1.54) is 0 Å². The minimum atomic E-state index is -0.921. The molecule has 10 aromatic carbocycles. The number of aliphatic hydroxyl groups excluding tert-OH is 1. The van der Waals surface area contributed by atoms with Gasteiger partial charge >= 0.3 is 0 Å². The molecule has 0 spiro atoms. The van der Waals surface area contributed by atoms with Crippen LogP contribution >= 0.6 is 59.2 Å². The van der Waals surface area contributed by atoms with E-state index in [9.17, 15) is 5.11 Å². The average Bonchev–Trinajstić information content (AvgIpc) is 1.48. The lowest BCUT2D eigenvalue weighted by atomic mass is 9.80. The van der Waals surface area contributed by atoms with Crippen LogP contribution in [0.2, 0.25) is 0 Å². The van der Waals surface area contributed by atoms with Crippen molar-refractivity contribution in [2.45, 2.75) is 43.7 Å². The van der Waals surface area contributed by atoms with Gasteiger partial charge in [0.25, 0.3) is 4.51 Å². The number of hydrogen-bond donors (Lipinski definition) is 1. The van der Waals surface area contributed by atoms with Crippen LogP contribution < -0.4 is 28.4 Å². The zero-order valence-electron chi connectivity index (χ0n) is 50.7. The molecule has 2 unspecified atom stereocenters. The number of halogens is 3. The first-order valence-electron chi connectivity index (χ1n) is 29.5. The Morgan fingerprint density at radius 1 is 0.435 bits per heavy atom. The normalized spacial score (nSPS) is 16.8. The molecule has 2 aliphatic heterocycles. The smallest absolute Gasteiger partial charge is 0.255 e. The Bertz CT molecular complexity index is 4360. The van der Waals surface area contributed by atoms with Crippen LogP contribution in [0, 0.1) is 0 Å². The standard InChI is InChI=1S/C38H31ClO5S.C37H32O5.CCl2S.CH4/c1-37(43-23-22-42-36(39)45)32-11-7-6-10-30(32)33-28-8-4-5-9-29(28)35-31(34(33)37)20-21-38(44-35,24-12-16-26(40-2)17-13-24)25-14-18-27(41-3)19-15-25;1-36(41-23-22-38)32-11-7-6-10-30(32)33-28-8-4-5-9-29(28)35-31(34(33)36)20-21-37(42-35,24-12-16-26(39-2)17-13-24)25-14-18-27(40-3)19-15-25;2-1(3)4;/h4-21H,22-23H2,1-3H3;4-21,38H,22-23H2,1-3H3;;1H4. The molecule has 10 nitrogen and oxygen atoms in total. The minimum absolute atomic E-state index is 0. The van der Waals surface area contributed by atoms with E-state index in [-0.39, 0.29) is 35.5 Å². The number of methoxy groups -OCH3 is 4. The van der Waals surface area contributed by atoms with Crippen molar-refractivity contribution in [1.29, 1.82) is 0 Å². The summed E-state index contributed by atoms with van der Waals surface area (Å²) in [5, 5.41) is 14.0. The first kappa shape index (κ1) is 65.2. The third-order valence-electron chi connectivity index (χ3n) is 17.5. The second-order valence-corrected chi connectivity index (χ2v) is 25.0. The Hall–Kier alpha value is -8.27. The van der Waals surface area contributed by atoms with Crippen LogP contribution in [-0.4, -0.2) is 68.3 Å². The SMILES string of the molecule is C.COc1ccc(C2(c3ccc(OC)cc3)C=Cc3c4c(c5ccccc5c3O2)-c2ccccc2C4(C)OCCO)cc1.COc1ccc(C2(c3ccc(OC)cc3)C=Cc3c4c(c5ccccc5c3O2)-c2ccccc2C4(C)OCCOC(=S)Cl)cc1.S=C(Cl)Cl. The average molecular weight is 1320 g/mol. The van der Waals surface area contributed by atoms with Gasteiger partial charge in [0.2, 0.25) is 0 Å². The van der Waals surface area contributed by atoms with Gasteiger partial charge in [0.15, 0.2) is 15.0 Å².